The molecular weight excluding hydrogens is 244 g/mol. The van der Waals surface area contributed by atoms with E-state index in [2.05, 4.69) is 10.6 Å². The van der Waals surface area contributed by atoms with Gasteiger partial charge in [0.25, 0.3) is 17.5 Å². The quantitative estimate of drug-likeness (QED) is 0.625. The van der Waals surface area contributed by atoms with E-state index in [9.17, 15) is 14.4 Å². The van der Waals surface area contributed by atoms with E-state index in [-0.39, 0.29) is 0 Å². The molecule has 5 amide bonds. The summed E-state index contributed by atoms with van der Waals surface area (Å²) in [6, 6.07) is -1.28. The summed E-state index contributed by atoms with van der Waals surface area (Å²) in [6.07, 6.45) is 0. The second-order valence-electron chi connectivity index (χ2n) is 4.00. The van der Waals surface area contributed by atoms with Crippen LogP contribution >= 0.6 is 0 Å². The number of likely N-dealkylation sites (N-methyl/N-ethyl adjacent to an activating group) is 2. The topological polar surface area (TPSA) is 100 Å². The van der Waals surface area contributed by atoms with E-state index in [1.54, 1.807) is 0 Å². The van der Waals surface area contributed by atoms with Crippen LogP contribution in [0.15, 0.2) is 0 Å². The molecule has 2 aliphatic rings. The number of urea groups is 2. The van der Waals surface area contributed by atoms with E-state index in [1.807, 2.05) is 0 Å². The van der Waals surface area contributed by atoms with Gasteiger partial charge >= 0.3 is 12.1 Å². The predicted octanol–water partition coefficient (Wildman–Crippen LogP) is -1.53. The third-order valence-corrected chi connectivity index (χ3v) is 3.41. The fourth-order valence-electron chi connectivity index (χ4n) is 2.40. The monoisotopic (exact) mass is 258 g/mol. The summed E-state index contributed by atoms with van der Waals surface area (Å²) >= 11 is 0. The number of ether oxygens (including phenoxy) is 2. The number of hydrogen-bond donors (Lipinski definition) is 2. The van der Waals surface area contributed by atoms with Gasteiger partial charge in [0.05, 0.1) is 0 Å². The van der Waals surface area contributed by atoms with Gasteiger partial charge in [-0.1, -0.05) is 0 Å². The molecule has 100 valence electrons. The SMILES string of the molecule is CO[C@]12NC(=O)N(C)[C@]1(OC)C(=O)NC(=O)N2C. The fourth-order valence-corrected chi connectivity index (χ4v) is 2.40. The number of nitrogens with zero attached hydrogens (tertiary/aromatic N) is 2. The minimum atomic E-state index is -1.78. The molecule has 2 fully saturated rings. The average molecular weight is 258 g/mol. The molecular formula is C9H14N4O5. The largest absolute Gasteiger partial charge is 0.345 e. The Morgan fingerprint density at radius 3 is 2.11 bits per heavy atom. The number of hydrogen-bond acceptors (Lipinski definition) is 5. The van der Waals surface area contributed by atoms with Crippen LogP contribution in [0, 0.1) is 0 Å². The molecule has 0 aromatic carbocycles. The van der Waals surface area contributed by atoms with Crippen LogP contribution in [0.3, 0.4) is 0 Å². The van der Waals surface area contributed by atoms with Crippen molar-refractivity contribution >= 4 is 18.0 Å². The van der Waals surface area contributed by atoms with Crippen molar-refractivity contribution in [3.05, 3.63) is 0 Å². The molecule has 0 aromatic heterocycles. The second-order valence-corrected chi connectivity index (χ2v) is 4.00. The summed E-state index contributed by atoms with van der Waals surface area (Å²) in [7, 11) is 5.30. The predicted molar refractivity (Wildman–Crippen MR) is 57.1 cm³/mol. The lowest BCUT2D eigenvalue weighted by molar-refractivity contribution is -0.263. The number of carbonyl (C=O) groups excluding carboxylic acids is 3. The van der Waals surface area contributed by atoms with Crippen LogP contribution in [0.25, 0.3) is 0 Å². The van der Waals surface area contributed by atoms with E-state index < -0.39 is 29.5 Å². The molecule has 0 radical (unpaired) electrons. The molecule has 18 heavy (non-hydrogen) atoms. The number of imide groups is 1. The van der Waals surface area contributed by atoms with Crippen LogP contribution in [0.4, 0.5) is 9.59 Å². The third kappa shape index (κ3) is 1.05. The molecule has 2 rings (SSSR count). The molecule has 2 heterocycles. The summed E-state index contributed by atoms with van der Waals surface area (Å²) in [5.41, 5.74) is -1.78. The van der Waals surface area contributed by atoms with Crippen LogP contribution < -0.4 is 10.6 Å². The van der Waals surface area contributed by atoms with Crippen molar-refractivity contribution < 1.29 is 23.9 Å². The van der Waals surface area contributed by atoms with Gasteiger partial charge in [0.15, 0.2) is 0 Å². The zero-order valence-corrected chi connectivity index (χ0v) is 10.4. The maximum Gasteiger partial charge on any atom is 0.327 e. The maximum atomic E-state index is 12.1. The van der Waals surface area contributed by atoms with Gasteiger partial charge in [-0.3, -0.25) is 25.2 Å². The van der Waals surface area contributed by atoms with Crippen molar-refractivity contribution in [3.63, 3.8) is 0 Å². The number of methoxy groups -OCH3 is 2. The summed E-state index contributed by atoms with van der Waals surface area (Å²) in [5.74, 6) is -2.47. The van der Waals surface area contributed by atoms with Crippen molar-refractivity contribution in [3.8, 4) is 0 Å². The van der Waals surface area contributed by atoms with E-state index in [0.29, 0.717) is 0 Å². The fraction of sp³-hybridized carbons (Fsp3) is 0.667. The standard InChI is InChI=1S/C9H14N4O5/c1-12-7(16)11-9(18-4)8(12,17-3)5(14)10-6(15)13(9)2/h1-4H3,(H,11,16)(H,10,14,15)/t8-,9-/m0/s1. The first kappa shape index (κ1) is 12.6. The zero-order chi connectivity index (χ0) is 13.7. The molecule has 2 saturated heterocycles. The van der Waals surface area contributed by atoms with Gasteiger partial charge in [-0.05, 0) is 0 Å². The minimum Gasteiger partial charge on any atom is -0.345 e. The van der Waals surface area contributed by atoms with Gasteiger partial charge in [-0.2, -0.15) is 0 Å². The molecule has 0 spiro atoms. The van der Waals surface area contributed by atoms with Crippen LogP contribution in [0.2, 0.25) is 0 Å². The minimum absolute atomic E-state index is 0.588. The smallest absolute Gasteiger partial charge is 0.327 e. The second kappa shape index (κ2) is 3.56. The summed E-state index contributed by atoms with van der Waals surface area (Å²) in [4.78, 5) is 37.7. The van der Waals surface area contributed by atoms with Gasteiger partial charge < -0.3 is 9.47 Å². The summed E-state index contributed by atoms with van der Waals surface area (Å²) in [6.45, 7) is 0. The van der Waals surface area contributed by atoms with Crippen molar-refractivity contribution in [2.45, 2.75) is 11.6 Å². The highest BCUT2D eigenvalue weighted by molar-refractivity contribution is 6.06. The van der Waals surface area contributed by atoms with Crippen LogP contribution in [-0.2, 0) is 14.3 Å². The highest BCUT2D eigenvalue weighted by Gasteiger charge is 2.74. The van der Waals surface area contributed by atoms with Gasteiger partial charge in [0.1, 0.15) is 0 Å². The van der Waals surface area contributed by atoms with Gasteiger partial charge in [0.2, 0.25) is 0 Å². The Bertz CT molecular complexity index is 441. The number of carbonyl (C=O) groups is 3. The third-order valence-electron chi connectivity index (χ3n) is 3.41. The lowest BCUT2D eigenvalue weighted by Crippen LogP contribution is -2.81. The molecule has 0 unspecified atom stereocenters. The summed E-state index contributed by atoms with van der Waals surface area (Å²) in [5, 5.41) is 4.57. The molecule has 2 aliphatic heterocycles. The average Bonchev–Trinajstić information content (AvgIpc) is 2.58. The molecule has 9 heteroatoms. The normalized spacial score (nSPS) is 35.4. The number of fused-ring (bicyclic) bond motifs is 1. The Balaban J connectivity index is 2.67. The van der Waals surface area contributed by atoms with E-state index >= 15 is 0 Å². The van der Waals surface area contributed by atoms with Gasteiger partial charge in [-0.25, -0.2) is 9.59 Å². The van der Waals surface area contributed by atoms with Crippen LogP contribution in [-0.4, -0.2) is 67.7 Å². The first-order valence-electron chi connectivity index (χ1n) is 5.13. The van der Waals surface area contributed by atoms with Crippen molar-refractivity contribution in [2.24, 2.45) is 0 Å². The van der Waals surface area contributed by atoms with Crippen LogP contribution in [0.5, 0.6) is 0 Å². The Hall–Kier alpha value is -1.87. The highest BCUT2D eigenvalue weighted by atomic mass is 16.6. The Labute approximate surface area is 103 Å². The van der Waals surface area contributed by atoms with Gasteiger partial charge in [-0.15, -0.1) is 0 Å². The summed E-state index contributed by atoms with van der Waals surface area (Å²) < 4.78 is 10.5. The van der Waals surface area contributed by atoms with Crippen molar-refractivity contribution in [1.82, 2.24) is 20.4 Å². The lowest BCUT2D eigenvalue weighted by atomic mass is 10.0. The van der Waals surface area contributed by atoms with E-state index in [1.165, 1.54) is 28.3 Å². The lowest BCUT2D eigenvalue weighted by Gasteiger charge is -2.49. The van der Waals surface area contributed by atoms with Crippen molar-refractivity contribution in [2.75, 3.05) is 28.3 Å². The number of rotatable bonds is 2. The molecule has 0 saturated carbocycles. The first-order valence-corrected chi connectivity index (χ1v) is 5.13. The Morgan fingerprint density at radius 1 is 1.00 bits per heavy atom. The number of amides is 5. The Kier molecular flexibility index (Phi) is 2.49. The van der Waals surface area contributed by atoms with Gasteiger partial charge in [0, 0.05) is 28.3 Å². The van der Waals surface area contributed by atoms with E-state index in [4.69, 9.17) is 9.47 Å². The Morgan fingerprint density at radius 2 is 1.61 bits per heavy atom. The van der Waals surface area contributed by atoms with Crippen molar-refractivity contribution in [1.29, 1.82) is 0 Å². The van der Waals surface area contributed by atoms with E-state index in [0.717, 1.165) is 9.80 Å². The zero-order valence-electron chi connectivity index (χ0n) is 10.4. The molecule has 0 aromatic rings. The van der Waals surface area contributed by atoms with Crippen LogP contribution in [0.1, 0.15) is 0 Å². The molecule has 9 nitrogen and oxygen atoms in total. The molecule has 0 bridgehead atoms. The number of nitrogens with one attached hydrogen (secondary N) is 2. The first-order chi connectivity index (χ1) is 8.37. The molecule has 0 aliphatic carbocycles. The maximum absolute atomic E-state index is 12.1. The molecule has 2 atom stereocenters. The molecule has 2 N–H and O–H groups in total. The highest BCUT2D eigenvalue weighted by Crippen LogP contribution is 2.39.